The molecule has 0 aliphatic carbocycles. The first kappa shape index (κ1) is 14.6. The number of hydrogen-bond donors (Lipinski definition) is 3. The first-order chi connectivity index (χ1) is 9.99. The number of rotatable bonds is 3. The van der Waals surface area contributed by atoms with Crippen LogP contribution in [0.1, 0.15) is 28.4 Å². The van der Waals surface area contributed by atoms with Gasteiger partial charge >= 0.3 is 0 Å². The van der Waals surface area contributed by atoms with Gasteiger partial charge in [0.25, 0.3) is 5.91 Å². The molecule has 0 aliphatic rings. The zero-order valence-corrected chi connectivity index (χ0v) is 11.8. The van der Waals surface area contributed by atoms with Crippen molar-refractivity contribution in [1.29, 1.82) is 0 Å². The molecule has 1 amide bonds. The minimum Gasteiger partial charge on any atom is -0.508 e. The van der Waals surface area contributed by atoms with E-state index in [4.69, 9.17) is 0 Å². The van der Waals surface area contributed by atoms with Gasteiger partial charge in [0, 0.05) is 17.2 Å². The number of amides is 1. The van der Waals surface area contributed by atoms with Crippen LogP contribution in [0.15, 0.2) is 47.6 Å². The number of hydrogen-bond acceptors (Lipinski definition) is 4. The zero-order chi connectivity index (χ0) is 15.4. The third kappa shape index (κ3) is 3.39. The molecule has 5 nitrogen and oxygen atoms in total. The molecule has 21 heavy (non-hydrogen) atoms. The maximum Gasteiger partial charge on any atom is 0.271 e. The average Bonchev–Trinajstić information content (AvgIpc) is 2.45. The van der Waals surface area contributed by atoms with Crippen molar-refractivity contribution in [3.63, 3.8) is 0 Å². The highest BCUT2D eigenvalue weighted by Crippen LogP contribution is 2.22. The van der Waals surface area contributed by atoms with Crippen molar-refractivity contribution in [3.05, 3.63) is 59.2 Å². The quantitative estimate of drug-likeness (QED) is 0.598. The fourth-order valence-electron chi connectivity index (χ4n) is 1.91. The molecule has 0 saturated carbocycles. The summed E-state index contributed by atoms with van der Waals surface area (Å²) in [6.07, 6.45) is 0. The Labute approximate surface area is 122 Å². The third-order valence-electron chi connectivity index (χ3n) is 3.09. The van der Waals surface area contributed by atoms with Crippen molar-refractivity contribution < 1.29 is 15.0 Å². The molecule has 0 radical (unpaired) electrons. The number of hydrazone groups is 1. The zero-order valence-electron chi connectivity index (χ0n) is 11.8. The number of nitrogens with zero attached hydrogens (tertiary/aromatic N) is 1. The fourth-order valence-corrected chi connectivity index (χ4v) is 1.91. The molecule has 3 N–H and O–H groups in total. The number of nitrogens with one attached hydrogen (secondary N) is 1. The van der Waals surface area contributed by atoms with E-state index >= 15 is 0 Å². The summed E-state index contributed by atoms with van der Waals surface area (Å²) in [7, 11) is 0. The summed E-state index contributed by atoms with van der Waals surface area (Å²) in [5.41, 5.74) is 4.74. The van der Waals surface area contributed by atoms with E-state index in [1.54, 1.807) is 19.1 Å². The Morgan fingerprint density at radius 3 is 2.48 bits per heavy atom. The monoisotopic (exact) mass is 284 g/mol. The van der Waals surface area contributed by atoms with Crippen LogP contribution in [-0.4, -0.2) is 21.8 Å². The topological polar surface area (TPSA) is 81.9 Å². The van der Waals surface area contributed by atoms with Crippen molar-refractivity contribution in [2.75, 3.05) is 0 Å². The summed E-state index contributed by atoms with van der Waals surface area (Å²) >= 11 is 0. The summed E-state index contributed by atoms with van der Waals surface area (Å²) in [6, 6.07) is 11.4. The van der Waals surface area contributed by atoms with Gasteiger partial charge < -0.3 is 10.2 Å². The molecule has 2 aromatic rings. The van der Waals surface area contributed by atoms with E-state index in [1.807, 2.05) is 19.1 Å². The Balaban J connectivity index is 2.17. The van der Waals surface area contributed by atoms with Crippen LogP contribution in [0.2, 0.25) is 0 Å². The molecule has 0 heterocycles. The van der Waals surface area contributed by atoms with Crippen molar-refractivity contribution >= 4 is 11.6 Å². The molecule has 0 fully saturated rings. The van der Waals surface area contributed by atoms with Crippen LogP contribution in [0, 0.1) is 6.92 Å². The summed E-state index contributed by atoms with van der Waals surface area (Å²) in [5.74, 6) is -0.444. The molecular formula is C16H16N2O3. The number of phenolic OH excluding ortho intramolecular Hbond substituents is 2. The average molecular weight is 284 g/mol. The Hall–Kier alpha value is -2.82. The molecule has 0 atom stereocenters. The number of phenols is 2. The molecule has 0 saturated heterocycles. The molecule has 5 heteroatoms. The first-order valence-corrected chi connectivity index (χ1v) is 6.41. The summed E-state index contributed by atoms with van der Waals surface area (Å²) in [5, 5.41) is 23.0. The predicted octanol–water partition coefficient (Wildman–Crippen LogP) is 2.56. The fraction of sp³-hybridized carbons (Fsp3) is 0.125. The van der Waals surface area contributed by atoms with Gasteiger partial charge in [0.15, 0.2) is 0 Å². The summed E-state index contributed by atoms with van der Waals surface area (Å²) in [6.45, 7) is 3.50. The van der Waals surface area contributed by atoms with Crippen molar-refractivity contribution in [2.45, 2.75) is 13.8 Å². The lowest BCUT2D eigenvalue weighted by atomic mass is 10.1. The largest absolute Gasteiger partial charge is 0.508 e. The lowest BCUT2D eigenvalue weighted by Gasteiger charge is -2.06. The van der Waals surface area contributed by atoms with Gasteiger partial charge in [-0.2, -0.15) is 5.10 Å². The van der Waals surface area contributed by atoms with E-state index in [-0.39, 0.29) is 17.4 Å². The maximum absolute atomic E-state index is 12.0. The minimum absolute atomic E-state index is 0.0343. The van der Waals surface area contributed by atoms with E-state index in [2.05, 4.69) is 10.5 Å². The lowest BCUT2D eigenvalue weighted by Crippen LogP contribution is -2.20. The third-order valence-corrected chi connectivity index (χ3v) is 3.09. The maximum atomic E-state index is 12.0. The van der Waals surface area contributed by atoms with Crippen LogP contribution >= 0.6 is 0 Å². The van der Waals surface area contributed by atoms with Gasteiger partial charge in [-0.15, -0.1) is 0 Å². The van der Waals surface area contributed by atoms with Crippen LogP contribution in [0.4, 0.5) is 0 Å². The molecule has 2 aromatic carbocycles. The smallest absolute Gasteiger partial charge is 0.271 e. The van der Waals surface area contributed by atoms with Crippen LogP contribution in [-0.2, 0) is 0 Å². The van der Waals surface area contributed by atoms with Gasteiger partial charge in [-0.3, -0.25) is 4.79 Å². The van der Waals surface area contributed by atoms with E-state index < -0.39 is 0 Å². The van der Waals surface area contributed by atoms with Gasteiger partial charge in [0.05, 0.1) is 5.71 Å². The molecule has 0 spiro atoms. The van der Waals surface area contributed by atoms with E-state index in [0.29, 0.717) is 16.8 Å². The van der Waals surface area contributed by atoms with E-state index in [9.17, 15) is 15.0 Å². The van der Waals surface area contributed by atoms with Gasteiger partial charge in [-0.25, -0.2) is 5.43 Å². The molecular weight excluding hydrogens is 268 g/mol. The Bertz CT molecular complexity index is 708. The number of aryl methyl sites for hydroxylation is 1. The van der Waals surface area contributed by atoms with Gasteiger partial charge in [-0.1, -0.05) is 18.2 Å². The van der Waals surface area contributed by atoms with Crippen molar-refractivity contribution in [3.8, 4) is 11.5 Å². The molecule has 0 aliphatic heterocycles. The normalized spacial score (nSPS) is 11.2. The van der Waals surface area contributed by atoms with Gasteiger partial charge in [0.1, 0.15) is 11.5 Å². The molecule has 0 aromatic heterocycles. The minimum atomic E-state index is -0.314. The van der Waals surface area contributed by atoms with E-state index in [0.717, 1.165) is 5.56 Å². The van der Waals surface area contributed by atoms with Crippen LogP contribution in [0.25, 0.3) is 0 Å². The van der Waals surface area contributed by atoms with Gasteiger partial charge in [-0.05, 0) is 37.6 Å². The summed E-state index contributed by atoms with van der Waals surface area (Å²) in [4.78, 5) is 12.0. The second-order valence-corrected chi connectivity index (χ2v) is 4.65. The van der Waals surface area contributed by atoms with Crippen molar-refractivity contribution in [1.82, 2.24) is 5.43 Å². The number of aromatic hydroxyl groups is 2. The first-order valence-electron chi connectivity index (χ1n) is 6.41. The molecule has 108 valence electrons. The predicted molar refractivity (Wildman–Crippen MR) is 80.6 cm³/mol. The molecule has 0 bridgehead atoms. The van der Waals surface area contributed by atoms with Crippen LogP contribution in [0.5, 0.6) is 11.5 Å². The van der Waals surface area contributed by atoms with Crippen LogP contribution < -0.4 is 5.43 Å². The molecule has 0 unspecified atom stereocenters. The van der Waals surface area contributed by atoms with Gasteiger partial charge in [0.2, 0.25) is 0 Å². The Kier molecular flexibility index (Phi) is 4.23. The highest BCUT2D eigenvalue weighted by atomic mass is 16.3. The second-order valence-electron chi connectivity index (χ2n) is 4.65. The number of benzene rings is 2. The highest BCUT2D eigenvalue weighted by Gasteiger charge is 2.09. The standard InChI is InChI=1S/C16H16N2O3/c1-10-5-3-4-6-13(10)16(21)18-17-11(2)14-8-7-12(19)9-15(14)20/h3-9,19-20H,1-2H3,(H,18,21). The SMILES string of the molecule is CC(=NNC(=O)c1ccccc1C)c1ccc(O)cc1O. The number of carbonyl (C=O) groups excluding carboxylic acids is 1. The van der Waals surface area contributed by atoms with E-state index in [1.165, 1.54) is 18.2 Å². The molecule has 2 rings (SSSR count). The van der Waals surface area contributed by atoms with Crippen LogP contribution in [0.3, 0.4) is 0 Å². The Morgan fingerprint density at radius 1 is 1.10 bits per heavy atom. The summed E-state index contributed by atoms with van der Waals surface area (Å²) < 4.78 is 0. The second kappa shape index (κ2) is 6.09. The number of carbonyl (C=O) groups is 1. The lowest BCUT2D eigenvalue weighted by molar-refractivity contribution is 0.0954. The van der Waals surface area contributed by atoms with Crippen molar-refractivity contribution in [2.24, 2.45) is 5.10 Å². The Morgan fingerprint density at radius 2 is 1.81 bits per heavy atom. The highest BCUT2D eigenvalue weighted by molar-refractivity contribution is 6.03.